The molecule has 1 heterocycles. The Morgan fingerprint density at radius 2 is 1.89 bits per heavy atom. The molecular weight excluding hydrogens is 366 g/mol. The third-order valence-corrected chi connectivity index (χ3v) is 4.11. The van der Waals surface area contributed by atoms with Crippen molar-refractivity contribution in [3.05, 3.63) is 58.4 Å². The number of carbonyl (C=O) groups is 2. The molecule has 0 aliphatic heterocycles. The molecule has 28 heavy (non-hydrogen) atoms. The topological polar surface area (TPSA) is 68.3 Å². The first-order valence-corrected chi connectivity index (χ1v) is 8.95. The summed E-state index contributed by atoms with van der Waals surface area (Å²) in [5.41, 5.74) is 3.30. The first-order chi connectivity index (χ1) is 13.2. The van der Waals surface area contributed by atoms with Crippen LogP contribution in [0.5, 0.6) is 5.75 Å². The van der Waals surface area contributed by atoms with Crippen LogP contribution in [0, 0.1) is 13.8 Å². The van der Waals surface area contributed by atoms with Crippen molar-refractivity contribution in [2.24, 2.45) is 0 Å². The fraction of sp³-hybridized carbons (Fsp3) is 0.381. The molecule has 1 amide bonds. The first kappa shape index (κ1) is 21.5. The van der Waals surface area contributed by atoms with Crippen molar-refractivity contribution in [1.82, 2.24) is 10.3 Å². The molecule has 0 aliphatic carbocycles. The minimum Gasteiger partial charge on any atom is -0.487 e. The number of nitrogens with zero attached hydrogens (tertiary/aromatic N) is 1. The Morgan fingerprint density at radius 1 is 1.18 bits per heavy atom. The molecular formula is C21H24F2N2O3. The standard InChI is InChI=1S/C21H24F2N2O3/c1-12-7-16(5-6-19(12)28-11-20(22)23)21(27)25-15(4)17-8-13(2)24-18(10-17)9-14(3)26/h5-8,10,15,20H,9,11H2,1-4H3,(H,25,27). The van der Waals surface area contributed by atoms with Crippen molar-refractivity contribution in [2.45, 2.75) is 46.6 Å². The minimum absolute atomic E-state index is 0.0189. The van der Waals surface area contributed by atoms with Gasteiger partial charge in [-0.15, -0.1) is 0 Å². The van der Waals surface area contributed by atoms with E-state index >= 15 is 0 Å². The van der Waals surface area contributed by atoms with Crippen molar-refractivity contribution in [3.63, 3.8) is 0 Å². The number of nitrogens with one attached hydrogen (secondary N) is 1. The molecule has 0 bridgehead atoms. The molecule has 150 valence electrons. The van der Waals surface area contributed by atoms with Crippen LogP contribution in [-0.2, 0) is 11.2 Å². The second-order valence-corrected chi connectivity index (χ2v) is 6.79. The zero-order valence-electron chi connectivity index (χ0n) is 16.4. The van der Waals surface area contributed by atoms with E-state index in [1.807, 2.05) is 26.0 Å². The van der Waals surface area contributed by atoms with Gasteiger partial charge in [-0.1, -0.05) is 0 Å². The van der Waals surface area contributed by atoms with Crippen molar-refractivity contribution in [3.8, 4) is 5.75 Å². The second-order valence-electron chi connectivity index (χ2n) is 6.79. The van der Waals surface area contributed by atoms with E-state index in [0.29, 0.717) is 22.6 Å². The summed E-state index contributed by atoms with van der Waals surface area (Å²) >= 11 is 0. The number of aryl methyl sites for hydroxylation is 2. The van der Waals surface area contributed by atoms with Gasteiger partial charge in [0.15, 0.2) is 0 Å². The highest BCUT2D eigenvalue weighted by atomic mass is 19.3. The Balaban J connectivity index is 2.11. The lowest BCUT2D eigenvalue weighted by Gasteiger charge is -2.17. The number of hydrogen-bond donors (Lipinski definition) is 1. The summed E-state index contributed by atoms with van der Waals surface area (Å²) in [6, 6.07) is 8.03. The van der Waals surface area contributed by atoms with Gasteiger partial charge in [0.25, 0.3) is 12.3 Å². The summed E-state index contributed by atoms with van der Waals surface area (Å²) in [4.78, 5) is 28.3. The summed E-state index contributed by atoms with van der Waals surface area (Å²) in [5.74, 6) is 0.0486. The van der Waals surface area contributed by atoms with Gasteiger partial charge in [0.2, 0.25) is 0 Å². The summed E-state index contributed by atoms with van der Waals surface area (Å²) in [6.45, 7) is 6.20. The molecule has 1 N–H and O–H groups in total. The molecule has 5 nitrogen and oxygen atoms in total. The number of Topliss-reactive ketones (excluding diaryl/α,β-unsaturated/α-hetero) is 1. The normalized spacial score (nSPS) is 12.0. The van der Waals surface area contributed by atoms with Crippen LogP contribution in [0.2, 0.25) is 0 Å². The summed E-state index contributed by atoms with van der Waals surface area (Å²) < 4.78 is 29.6. The lowest BCUT2D eigenvalue weighted by molar-refractivity contribution is -0.116. The molecule has 2 rings (SSSR count). The summed E-state index contributed by atoms with van der Waals surface area (Å²) in [6.07, 6.45) is -2.31. The smallest absolute Gasteiger partial charge is 0.272 e. The maximum Gasteiger partial charge on any atom is 0.272 e. The Bertz CT molecular complexity index is 869. The van der Waals surface area contributed by atoms with E-state index in [2.05, 4.69) is 10.3 Å². The molecule has 1 aromatic carbocycles. The molecule has 1 aromatic heterocycles. The Morgan fingerprint density at radius 3 is 2.50 bits per heavy atom. The van der Waals surface area contributed by atoms with Crippen molar-refractivity contribution in [2.75, 3.05) is 6.61 Å². The minimum atomic E-state index is -2.56. The van der Waals surface area contributed by atoms with Crippen LogP contribution in [0.3, 0.4) is 0 Å². The van der Waals surface area contributed by atoms with Crippen LogP contribution in [0.15, 0.2) is 30.3 Å². The third-order valence-electron chi connectivity index (χ3n) is 4.11. The van der Waals surface area contributed by atoms with Gasteiger partial charge < -0.3 is 10.1 Å². The van der Waals surface area contributed by atoms with Gasteiger partial charge in [0, 0.05) is 23.4 Å². The average Bonchev–Trinajstić information content (AvgIpc) is 2.59. The molecule has 2 aromatic rings. The number of alkyl halides is 2. The van der Waals surface area contributed by atoms with E-state index in [9.17, 15) is 18.4 Å². The Kier molecular flexibility index (Phi) is 7.20. The quantitative estimate of drug-likeness (QED) is 0.741. The highest BCUT2D eigenvalue weighted by molar-refractivity contribution is 5.94. The van der Waals surface area contributed by atoms with Crippen molar-refractivity contribution < 1.29 is 23.1 Å². The Labute approximate surface area is 163 Å². The number of amides is 1. The van der Waals surface area contributed by atoms with Crippen LogP contribution in [0.1, 0.15) is 52.8 Å². The lowest BCUT2D eigenvalue weighted by Crippen LogP contribution is -2.27. The van der Waals surface area contributed by atoms with Gasteiger partial charge in [-0.25, -0.2) is 8.78 Å². The maximum atomic E-state index is 12.6. The van der Waals surface area contributed by atoms with Gasteiger partial charge in [0.05, 0.1) is 6.04 Å². The van der Waals surface area contributed by atoms with Gasteiger partial charge in [-0.3, -0.25) is 14.6 Å². The number of ether oxygens (including phenoxy) is 1. The van der Waals surface area contributed by atoms with E-state index in [4.69, 9.17) is 4.74 Å². The number of benzene rings is 1. The van der Waals surface area contributed by atoms with Gasteiger partial charge in [0.1, 0.15) is 18.1 Å². The lowest BCUT2D eigenvalue weighted by atomic mass is 10.0. The fourth-order valence-corrected chi connectivity index (χ4v) is 2.83. The number of rotatable bonds is 8. The van der Waals surface area contributed by atoms with Crippen LogP contribution in [0.4, 0.5) is 8.78 Å². The largest absolute Gasteiger partial charge is 0.487 e. The predicted molar refractivity (Wildman–Crippen MR) is 102 cm³/mol. The summed E-state index contributed by atoms with van der Waals surface area (Å²) in [7, 11) is 0. The molecule has 1 unspecified atom stereocenters. The number of ketones is 1. The molecule has 7 heteroatoms. The highest BCUT2D eigenvalue weighted by Gasteiger charge is 2.15. The van der Waals surface area contributed by atoms with Crippen LogP contribution >= 0.6 is 0 Å². The number of pyridine rings is 1. The molecule has 0 saturated carbocycles. The van der Waals surface area contributed by atoms with E-state index < -0.39 is 13.0 Å². The molecule has 0 aliphatic rings. The molecule has 1 atom stereocenters. The number of aromatic nitrogens is 1. The molecule has 0 fully saturated rings. The average molecular weight is 390 g/mol. The van der Waals surface area contributed by atoms with E-state index in [1.165, 1.54) is 19.1 Å². The number of hydrogen-bond acceptors (Lipinski definition) is 4. The Hall–Kier alpha value is -2.83. The van der Waals surface area contributed by atoms with Crippen molar-refractivity contribution in [1.29, 1.82) is 0 Å². The molecule has 0 saturated heterocycles. The van der Waals surface area contributed by atoms with Crippen LogP contribution < -0.4 is 10.1 Å². The highest BCUT2D eigenvalue weighted by Crippen LogP contribution is 2.21. The predicted octanol–water partition coefficient (Wildman–Crippen LogP) is 3.96. The van der Waals surface area contributed by atoms with Gasteiger partial charge in [-0.2, -0.15) is 0 Å². The van der Waals surface area contributed by atoms with Crippen LogP contribution in [0.25, 0.3) is 0 Å². The van der Waals surface area contributed by atoms with Crippen molar-refractivity contribution >= 4 is 11.7 Å². The van der Waals surface area contributed by atoms with Crippen LogP contribution in [-0.4, -0.2) is 29.7 Å². The van der Waals surface area contributed by atoms with E-state index in [-0.39, 0.29) is 24.2 Å². The third kappa shape index (κ3) is 6.11. The molecule has 0 spiro atoms. The first-order valence-electron chi connectivity index (χ1n) is 8.95. The number of carbonyl (C=O) groups excluding carboxylic acids is 2. The SMILES string of the molecule is CC(=O)Cc1cc(C(C)NC(=O)c2ccc(OCC(F)F)c(C)c2)cc(C)n1. The maximum absolute atomic E-state index is 12.6. The van der Waals surface area contributed by atoms with E-state index in [0.717, 1.165) is 11.3 Å². The zero-order chi connectivity index (χ0) is 20.8. The zero-order valence-corrected chi connectivity index (χ0v) is 16.4. The monoisotopic (exact) mass is 390 g/mol. The second kappa shape index (κ2) is 9.39. The van der Waals surface area contributed by atoms with E-state index in [1.54, 1.807) is 13.0 Å². The fourth-order valence-electron chi connectivity index (χ4n) is 2.83. The molecule has 0 radical (unpaired) electrons. The van der Waals surface area contributed by atoms with Gasteiger partial charge >= 0.3 is 0 Å². The van der Waals surface area contributed by atoms with Gasteiger partial charge in [-0.05, 0) is 69.2 Å². The number of halogens is 2. The summed E-state index contributed by atoms with van der Waals surface area (Å²) in [5, 5.41) is 2.90.